The summed E-state index contributed by atoms with van der Waals surface area (Å²) in [7, 11) is 0. The number of aromatic nitrogens is 1. The Hall–Kier alpha value is -3.65. The minimum atomic E-state index is -1.05. The second-order valence-corrected chi connectivity index (χ2v) is 6.31. The summed E-state index contributed by atoms with van der Waals surface area (Å²) in [6, 6.07) is 12.0. The van der Waals surface area contributed by atoms with Crippen LogP contribution in [0.5, 0.6) is 11.6 Å². The van der Waals surface area contributed by atoms with E-state index >= 15 is 0 Å². The number of amides is 1. The van der Waals surface area contributed by atoms with E-state index in [1.165, 1.54) is 35.6 Å². The second-order valence-electron chi connectivity index (χ2n) is 6.31. The lowest BCUT2D eigenvalue weighted by molar-refractivity contribution is -0.597. The molecule has 0 radical (unpaired) electrons. The highest BCUT2D eigenvalue weighted by Gasteiger charge is 2.23. The first-order valence-electron chi connectivity index (χ1n) is 8.65. The monoisotopic (exact) mass is 399 g/mol. The zero-order valence-electron chi connectivity index (χ0n) is 15.3. The summed E-state index contributed by atoms with van der Waals surface area (Å²) in [5.74, 6) is -2.84. The number of primary amides is 1. The van der Waals surface area contributed by atoms with Crippen LogP contribution in [-0.4, -0.2) is 22.0 Å². The van der Waals surface area contributed by atoms with Gasteiger partial charge in [-0.15, -0.1) is 0 Å². The van der Waals surface area contributed by atoms with Crippen molar-refractivity contribution in [1.82, 2.24) is 4.98 Å². The minimum Gasteiger partial charge on any atom is -0.478 e. The SMILES string of the molecule is CC([NH2+]C(=O)c1cc(F)cnc1Oc1cccc(F)c1)c1ccc(C(=O)O)cc1. The number of halogens is 2. The molecule has 3 rings (SSSR count). The molecule has 0 bridgehead atoms. The predicted molar refractivity (Wildman–Crippen MR) is 98.7 cm³/mol. The zero-order chi connectivity index (χ0) is 21.0. The standard InChI is InChI=1S/C21H16F2N2O4/c1-12(13-5-7-14(8-6-13)21(27)28)25-19(26)18-10-16(23)11-24-20(18)29-17-4-2-3-15(22)9-17/h2-12H,1H3,(H,25,26)(H,27,28)/p+1. The van der Waals surface area contributed by atoms with E-state index in [4.69, 9.17) is 9.84 Å². The molecule has 1 aromatic heterocycles. The van der Waals surface area contributed by atoms with E-state index in [9.17, 15) is 18.4 Å². The average Bonchev–Trinajstić information content (AvgIpc) is 2.69. The van der Waals surface area contributed by atoms with Crippen LogP contribution in [-0.2, 0) is 0 Å². The number of hydrogen-bond donors (Lipinski definition) is 2. The number of aromatic carboxylic acids is 1. The number of carbonyl (C=O) groups excluding carboxylic acids is 1. The molecule has 29 heavy (non-hydrogen) atoms. The number of carboxylic acids is 1. The maximum absolute atomic E-state index is 13.7. The van der Waals surface area contributed by atoms with Gasteiger partial charge in [0.15, 0.2) is 0 Å². The predicted octanol–water partition coefficient (Wildman–Crippen LogP) is 3.32. The van der Waals surface area contributed by atoms with Crippen LogP contribution < -0.4 is 10.1 Å². The number of nitrogens with two attached hydrogens (primary N) is 1. The van der Waals surface area contributed by atoms with Gasteiger partial charge in [0, 0.05) is 11.6 Å². The van der Waals surface area contributed by atoms with E-state index < -0.39 is 23.5 Å². The molecule has 0 saturated heterocycles. The largest absolute Gasteiger partial charge is 0.478 e. The molecule has 1 heterocycles. The Labute approximate surface area is 164 Å². The van der Waals surface area contributed by atoms with Crippen molar-refractivity contribution in [3.63, 3.8) is 0 Å². The molecule has 0 aliphatic carbocycles. The Balaban J connectivity index is 1.80. The van der Waals surface area contributed by atoms with Crippen molar-refractivity contribution in [2.45, 2.75) is 13.0 Å². The van der Waals surface area contributed by atoms with Gasteiger partial charge in [0.05, 0.1) is 11.8 Å². The number of carboxylic acid groups (broad SMARTS) is 1. The molecule has 3 aromatic rings. The number of carbonyl (C=O) groups is 2. The van der Waals surface area contributed by atoms with Crippen molar-refractivity contribution >= 4 is 11.9 Å². The van der Waals surface area contributed by atoms with Crippen molar-refractivity contribution in [2.75, 3.05) is 0 Å². The van der Waals surface area contributed by atoms with Crippen LogP contribution in [0.25, 0.3) is 0 Å². The molecule has 0 aliphatic heterocycles. The van der Waals surface area contributed by atoms with Crippen molar-refractivity contribution < 1.29 is 33.5 Å². The van der Waals surface area contributed by atoms with Gasteiger partial charge in [-0.2, -0.15) is 0 Å². The third-order valence-corrected chi connectivity index (χ3v) is 4.18. The molecule has 2 aromatic carbocycles. The van der Waals surface area contributed by atoms with E-state index in [0.29, 0.717) is 5.56 Å². The van der Waals surface area contributed by atoms with E-state index in [1.807, 2.05) is 0 Å². The normalized spacial score (nSPS) is 11.7. The van der Waals surface area contributed by atoms with E-state index in [0.717, 1.165) is 18.3 Å². The fourth-order valence-corrected chi connectivity index (χ4v) is 2.67. The van der Waals surface area contributed by atoms with Crippen LogP contribution in [0.3, 0.4) is 0 Å². The number of quaternary nitrogens is 1. The molecular formula is C21H17F2N2O4+. The Bertz CT molecular complexity index is 1050. The molecule has 6 nitrogen and oxygen atoms in total. The summed E-state index contributed by atoms with van der Waals surface area (Å²) in [5, 5.41) is 10.3. The first kappa shape index (κ1) is 20.1. The van der Waals surface area contributed by atoms with E-state index in [2.05, 4.69) is 4.98 Å². The summed E-state index contributed by atoms with van der Waals surface area (Å²) in [4.78, 5) is 27.5. The number of hydrogen-bond acceptors (Lipinski definition) is 4. The Morgan fingerprint density at radius 2 is 1.79 bits per heavy atom. The molecule has 1 amide bonds. The highest BCUT2D eigenvalue weighted by Crippen LogP contribution is 2.24. The maximum Gasteiger partial charge on any atom is 0.348 e. The van der Waals surface area contributed by atoms with E-state index in [-0.39, 0.29) is 28.8 Å². The van der Waals surface area contributed by atoms with Crippen molar-refractivity contribution in [1.29, 1.82) is 0 Å². The summed E-state index contributed by atoms with van der Waals surface area (Å²) < 4.78 is 32.5. The van der Waals surface area contributed by atoms with Crippen molar-refractivity contribution in [2.24, 2.45) is 0 Å². The lowest BCUT2D eigenvalue weighted by Gasteiger charge is -2.12. The summed E-state index contributed by atoms with van der Waals surface area (Å²) in [5.41, 5.74) is 0.732. The molecule has 1 atom stereocenters. The molecule has 148 valence electrons. The first-order chi connectivity index (χ1) is 13.8. The number of nitrogens with zero attached hydrogens (tertiary/aromatic N) is 1. The van der Waals surface area contributed by atoms with Crippen LogP contribution in [0.15, 0.2) is 60.8 Å². The molecule has 0 aliphatic rings. The van der Waals surface area contributed by atoms with Gasteiger partial charge in [-0.3, -0.25) is 5.32 Å². The lowest BCUT2D eigenvalue weighted by Crippen LogP contribution is -2.88. The van der Waals surface area contributed by atoms with Gasteiger partial charge in [-0.05, 0) is 37.3 Å². The van der Waals surface area contributed by atoms with Crippen LogP contribution >= 0.6 is 0 Å². The molecule has 3 N–H and O–H groups in total. The highest BCUT2D eigenvalue weighted by molar-refractivity contribution is 5.89. The summed E-state index contributed by atoms with van der Waals surface area (Å²) in [6.07, 6.45) is 0.902. The number of pyridine rings is 1. The summed E-state index contributed by atoms with van der Waals surface area (Å²) in [6.45, 7) is 1.74. The van der Waals surface area contributed by atoms with Gasteiger partial charge in [0.1, 0.15) is 29.0 Å². The molecular weight excluding hydrogens is 382 g/mol. The third-order valence-electron chi connectivity index (χ3n) is 4.18. The van der Waals surface area contributed by atoms with E-state index in [1.54, 1.807) is 19.1 Å². The van der Waals surface area contributed by atoms with Gasteiger partial charge < -0.3 is 9.84 Å². The topological polar surface area (TPSA) is 93.1 Å². The molecule has 0 fully saturated rings. The van der Waals surface area contributed by atoms with Gasteiger partial charge in [0.25, 0.3) is 0 Å². The number of rotatable bonds is 6. The van der Waals surface area contributed by atoms with Gasteiger partial charge in [0.2, 0.25) is 5.88 Å². The van der Waals surface area contributed by atoms with Gasteiger partial charge in [-0.1, -0.05) is 18.2 Å². The molecule has 1 unspecified atom stereocenters. The fraction of sp³-hybridized carbons (Fsp3) is 0.0952. The van der Waals surface area contributed by atoms with Crippen LogP contribution in [0.1, 0.15) is 39.2 Å². The first-order valence-corrected chi connectivity index (χ1v) is 8.65. The number of benzene rings is 2. The summed E-state index contributed by atoms with van der Waals surface area (Å²) >= 11 is 0. The Morgan fingerprint density at radius 1 is 1.07 bits per heavy atom. The highest BCUT2D eigenvalue weighted by atomic mass is 19.1. The minimum absolute atomic E-state index is 0.108. The molecule has 0 saturated carbocycles. The number of ether oxygens (including phenoxy) is 1. The van der Waals surface area contributed by atoms with Crippen LogP contribution in [0.2, 0.25) is 0 Å². The second kappa shape index (κ2) is 8.57. The average molecular weight is 399 g/mol. The van der Waals surface area contributed by atoms with Gasteiger partial charge >= 0.3 is 11.9 Å². The van der Waals surface area contributed by atoms with Crippen molar-refractivity contribution in [3.05, 3.63) is 89.1 Å². The fourth-order valence-electron chi connectivity index (χ4n) is 2.67. The zero-order valence-corrected chi connectivity index (χ0v) is 15.3. The van der Waals surface area contributed by atoms with Gasteiger partial charge in [-0.25, -0.2) is 23.4 Å². The third kappa shape index (κ3) is 4.99. The van der Waals surface area contributed by atoms with Crippen LogP contribution in [0.4, 0.5) is 8.78 Å². The lowest BCUT2D eigenvalue weighted by atomic mass is 10.1. The quantitative estimate of drug-likeness (QED) is 0.663. The Kier molecular flexibility index (Phi) is 5.94. The van der Waals surface area contributed by atoms with Crippen LogP contribution in [0, 0.1) is 11.6 Å². The Morgan fingerprint density at radius 3 is 2.45 bits per heavy atom. The maximum atomic E-state index is 13.7. The molecule has 8 heteroatoms. The van der Waals surface area contributed by atoms with Crippen molar-refractivity contribution in [3.8, 4) is 11.6 Å². The smallest absolute Gasteiger partial charge is 0.348 e. The molecule has 0 spiro atoms.